The van der Waals surface area contributed by atoms with Crippen LogP contribution in [0.1, 0.15) is 41.0 Å². The number of amides is 1. The summed E-state index contributed by atoms with van der Waals surface area (Å²) in [5.74, 6) is -0.678. The van der Waals surface area contributed by atoms with E-state index < -0.39 is 12.2 Å². The zero-order valence-corrected chi connectivity index (χ0v) is 24.7. The number of hydrogen-bond acceptors (Lipinski definition) is 9. The molecule has 0 bridgehead atoms. The number of phenolic OH excluding ortho intramolecular Hbond substituents is 4. The van der Waals surface area contributed by atoms with E-state index >= 15 is 0 Å². The van der Waals surface area contributed by atoms with Crippen LogP contribution in [0.15, 0.2) is 97.2 Å². The number of rotatable bonds is 9. The average Bonchev–Trinajstić information content (AvgIpc) is 3.52. The number of β-lactam (4-membered cyclic amide) rings is 1. The molecule has 0 radical (unpaired) electrons. The summed E-state index contributed by atoms with van der Waals surface area (Å²) in [7, 11) is 0. The van der Waals surface area contributed by atoms with Crippen LogP contribution in [-0.4, -0.2) is 47.4 Å². The highest BCUT2D eigenvalue weighted by Gasteiger charge is 2.48. The smallest absolute Gasteiger partial charge is 0.233 e. The molecule has 3 heterocycles. The molecule has 0 spiro atoms. The predicted octanol–water partition coefficient (Wildman–Crippen LogP) is 5.16. The van der Waals surface area contributed by atoms with Crippen LogP contribution >= 0.6 is 0 Å². The molecule has 0 unspecified atom stereocenters. The number of aryl methyl sites for hydroxylation is 1. The van der Waals surface area contributed by atoms with Gasteiger partial charge in [-0.3, -0.25) is 9.48 Å². The first-order chi connectivity index (χ1) is 22.4. The highest BCUT2D eigenvalue weighted by atomic mass is 16.5. The van der Waals surface area contributed by atoms with E-state index in [-0.39, 0.29) is 53.9 Å². The van der Waals surface area contributed by atoms with Crippen LogP contribution in [0, 0.1) is 5.92 Å². The number of nitrogens with zero attached hydrogens (tertiary/aromatic N) is 4. The van der Waals surface area contributed by atoms with Crippen molar-refractivity contribution >= 4 is 11.6 Å². The lowest BCUT2D eigenvalue weighted by atomic mass is 9.79. The number of para-hydroxylation sites is 1. The third kappa shape index (κ3) is 5.56. The fraction of sp³-hybridized carbons (Fsp3) is 0.229. The number of carbonyl (C=O) groups excluding carboxylic acids is 1. The summed E-state index contributed by atoms with van der Waals surface area (Å²) in [6.07, 6.45) is 1.29. The molecule has 11 heteroatoms. The van der Waals surface area contributed by atoms with Gasteiger partial charge in [-0.1, -0.05) is 59.8 Å². The van der Waals surface area contributed by atoms with Crippen LogP contribution in [0.5, 0.6) is 28.7 Å². The summed E-state index contributed by atoms with van der Waals surface area (Å²) in [5.41, 5.74) is 3.54. The Bertz CT molecular complexity index is 1860. The van der Waals surface area contributed by atoms with Crippen LogP contribution in [0.25, 0.3) is 0 Å². The zero-order valence-electron chi connectivity index (χ0n) is 24.7. The SMILES string of the molecule is O=C1[C@@H](CCn2cc(CO[C@H]3Cc4c(O)cc(O)cc4O[C@@H]3c3ccc(O)c(O)c3)nn2)[C@@H](c2ccccc2)N1c1ccccc1. The number of ether oxygens (including phenoxy) is 2. The van der Waals surface area contributed by atoms with Crippen LogP contribution < -0.4 is 9.64 Å². The number of carbonyl (C=O) groups is 1. The van der Waals surface area contributed by atoms with Crippen molar-refractivity contribution in [2.24, 2.45) is 5.92 Å². The number of aromatic nitrogens is 3. The first-order valence-electron chi connectivity index (χ1n) is 15.0. The number of anilines is 1. The Morgan fingerprint density at radius 1 is 0.848 bits per heavy atom. The Hall–Kier alpha value is -5.55. The Morgan fingerprint density at radius 3 is 2.37 bits per heavy atom. The van der Waals surface area contributed by atoms with Gasteiger partial charge in [0.25, 0.3) is 0 Å². The lowest BCUT2D eigenvalue weighted by Crippen LogP contribution is -2.55. The largest absolute Gasteiger partial charge is 0.508 e. The van der Waals surface area contributed by atoms with E-state index in [2.05, 4.69) is 10.3 Å². The maximum atomic E-state index is 13.4. The van der Waals surface area contributed by atoms with E-state index in [0.717, 1.165) is 11.3 Å². The third-order valence-electron chi connectivity index (χ3n) is 8.59. The third-order valence-corrected chi connectivity index (χ3v) is 8.59. The van der Waals surface area contributed by atoms with Crippen molar-refractivity contribution in [3.8, 4) is 28.7 Å². The van der Waals surface area contributed by atoms with Crippen molar-refractivity contribution in [1.29, 1.82) is 0 Å². The van der Waals surface area contributed by atoms with Crippen molar-refractivity contribution in [3.05, 3.63) is 120 Å². The lowest BCUT2D eigenvalue weighted by Gasteiger charge is -2.47. The van der Waals surface area contributed by atoms with Crippen molar-refractivity contribution < 1.29 is 34.7 Å². The molecule has 2 aliphatic heterocycles. The molecular weight excluding hydrogens is 588 g/mol. The number of fused-ring (bicyclic) bond motifs is 1. The van der Waals surface area contributed by atoms with E-state index in [1.54, 1.807) is 16.9 Å². The monoisotopic (exact) mass is 620 g/mol. The number of hydrogen-bond donors (Lipinski definition) is 4. The first kappa shape index (κ1) is 29.2. The molecule has 4 N–H and O–H groups in total. The second-order valence-corrected chi connectivity index (χ2v) is 11.5. The maximum Gasteiger partial charge on any atom is 0.233 e. The molecule has 1 aromatic heterocycles. The van der Waals surface area contributed by atoms with Crippen LogP contribution in [0.3, 0.4) is 0 Å². The molecule has 1 saturated heterocycles. The molecule has 0 aliphatic carbocycles. The Kier molecular flexibility index (Phi) is 7.67. The molecule has 46 heavy (non-hydrogen) atoms. The van der Waals surface area contributed by atoms with Crippen molar-refractivity contribution in [2.45, 2.75) is 44.2 Å². The lowest BCUT2D eigenvalue weighted by molar-refractivity contribution is -0.130. The highest BCUT2D eigenvalue weighted by molar-refractivity contribution is 6.03. The van der Waals surface area contributed by atoms with Gasteiger partial charge in [0, 0.05) is 36.3 Å². The molecule has 4 atom stereocenters. The highest BCUT2D eigenvalue weighted by Crippen LogP contribution is 2.46. The van der Waals surface area contributed by atoms with E-state index in [1.165, 1.54) is 24.3 Å². The molecule has 7 rings (SSSR count). The summed E-state index contributed by atoms with van der Waals surface area (Å²) in [6, 6.07) is 26.7. The zero-order chi connectivity index (χ0) is 31.8. The van der Waals surface area contributed by atoms with E-state index in [1.807, 2.05) is 65.6 Å². The van der Waals surface area contributed by atoms with Gasteiger partial charge in [-0.05, 0) is 41.8 Å². The van der Waals surface area contributed by atoms with Gasteiger partial charge in [-0.25, -0.2) is 0 Å². The molecule has 11 nitrogen and oxygen atoms in total. The van der Waals surface area contributed by atoms with Crippen LogP contribution in [0.4, 0.5) is 5.69 Å². The van der Waals surface area contributed by atoms with Crippen molar-refractivity contribution in [1.82, 2.24) is 15.0 Å². The van der Waals surface area contributed by atoms with Gasteiger partial charge in [-0.15, -0.1) is 5.10 Å². The summed E-state index contributed by atoms with van der Waals surface area (Å²) >= 11 is 0. The van der Waals surface area contributed by atoms with Gasteiger partial charge in [0.2, 0.25) is 5.91 Å². The molecule has 4 aromatic carbocycles. The summed E-state index contributed by atoms with van der Waals surface area (Å²) in [5, 5.41) is 49.0. The van der Waals surface area contributed by atoms with Gasteiger partial charge in [0.05, 0.1) is 24.8 Å². The summed E-state index contributed by atoms with van der Waals surface area (Å²) < 4.78 is 14.1. The Balaban J connectivity index is 1.04. The topological polar surface area (TPSA) is 150 Å². The minimum Gasteiger partial charge on any atom is -0.508 e. The van der Waals surface area contributed by atoms with Crippen molar-refractivity contribution in [2.75, 3.05) is 4.90 Å². The molecule has 0 saturated carbocycles. The second kappa shape index (κ2) is 12.1. The maximum absolute atomic E-state index is 13.4. The van der Waals surface area contributed by atoms with Crippen LogP contribution in [0.2, 0.25) is 0 Å². The Morgan fingerprint density at radius 2 is 1.61 bits per heavy atom. The van der Waals surface area contributed by atoms with Crippen molar-refractivity contribution in [3.63, 3.8) is 0 Å². The summed E-state index contributed by atoms with van der Waals surface area (Å²) in [6.45, 7) is 0.571. The van der Waals surface area contributed by atoms with E-state index in [9.17, 15) is 25.2 Å². The molecule has 1 fully saturated rings. The van der Waals surface area contributed by atoms with Gasteiger partial charge in [0.15, 0.2) is 17.6 Å². The summed E-state index contributed by atoms with van der Waals surface area (Å²) in [4.78, 5) is 15.2. The van der Waals surface area contributed by atoms with Gasteiger partial charge in [-0.2, -0.15) is 0 Å². The van der Waals surface area contributed by atoms with Gasteiger partial charge < -0.3 is 34.8 Å². The minimum absolute atomic E-state index is 0.0733. The minimum atomic E-state index is -0.720. The second-order valence-electron chi connectivity index (χ2n) is 11.5. The average molecular weight is 621 g/mol. The predicted molar refractivity (Wildman–Crippen MR) is 166 cm³/mol. The molecule has 234 valence electrons. The number of benzene rings is 4. The van der Waals surface area contributed by atoms with E-state index in [4.69, 9.17) is 9.47 Å². The first-order valence-corrected chi connectivity index (χ1v) is 15.0. The quantitative estimate of drug-likeness (QED) is 0.129. The van der Waals surface area contributed by atoms with Gasteiger partial charge in [0.1, 0.15) is 29.0 Å². The van der Waals surface area contributed by atoms with E-state index in [0.29, 0.717) is 35.5 Å². The fourth-order valence-electron chi connectivity index (χ4n) is 6.31. The molecule has 1 amide bonds. The normalized spacial score (nSPS) is 20.5. The standard InChI is InChI=1S/C35H32N4O7/c40-25-16-29(42)27-18-32(34(46-31(27)17-25)22-11-12-28(41)30(43)15-22)45-20-23-19-38(37-36-23)14-13-26-33(21-7-3-1-4-8-21)39(35(26)44)24-9-5-2-6-10-24/h1-12,15-17,19,26,32-34,40-43H,13-14,18,20H2/t26-,32-,33+,34+/m0/s1. The number of phenols is 4. The van der Waals surface area contributed by atoms with Gasteiger partial charge >= 0.3 is 0 Å². The molecular formula is C35H32N4O7. The fourth-order valence-corrected chi connectivity index (χ4v) is 6.31. The number of aromatic hydroxyl groups is 4. The van der Waals surface area contributed by atoms with Crippen LogP contribution in [-0.2, 0) is 29.1 Å². The Labute approximate surface area is 264 Å². The molecule has 5 aromatic rings. The molecule has 2 aliphatic rings.